The lowest BCUT2D eigenvalue weighted by Crippen LogP contribution is -2.52. The van der Waals surface area contributed by atoms with Gasteiger partial charge in [0.1, 0.15) is 17.7 Å². The number of amides is 3. The van der Waals surface area contributed by atoms with Gasteiger partial charge in [0.2, 0.25) is 11.8 Å². The molecule has 0 spiro atoms. The second-order valence-electron chi connectivity index (χ2n) is 7.79. The highest BCUT2D eigenvalue weighted by atomic mass is 19.1. The van der Waals surface area contributed by atoms with Crippen molar-refractivity contribution in [3.8, 4) is 0 Å². The van der Waals surface area contributed by atoms with Gasteiger partial charge in [-0.25, -0.2) is 8.78 Å². The molecule has 0 fully saturated rings. The summed E-state index contributed by atoms with van der Waals surface area (Å²) >= 11 is 0. The molecular weight excluding hydrogens is 404 g/mol. The van der Waals surface area contributed by atoms with Gasteiger partial charge in [0.05, 0.1) is 5.56 Å². The van der Waals surface area contributed by atoms with Crippen LogP contribution in [0, 0.1) is 11.6 Å². The molecule has 1 N–H and O–H groups in total. The van der Waals surface area contributed by atoms with E-state index in [1.54, 1.807) is 26.2 Å². The second-order valence-corrected chi connectivity index (χ2v) is 7.79. The Bertz CT molecular complexity index is 1020. The molecule has 1 aliphatic heterocycles. The van der Waals surface area contributed by atoms with E-state index in [2.05, 4.69) is 5.32 Å². The van der Waals surface area contributed by atoms with E-state index in [1.807, 2.05) is 13.0 Å². The minimum absolute atomic E-state index is 0.0336. The summed E-state index contributed by atoms with van der Waals surface area (Å²) in [6.07, 6.45) is 1.34. The van der Waals surface area contributed by atoms with E-state index in [4.69, 9.17) is 0 Å². The molecule has 1 atom stereocenters. The molecule has 31 heavy (non-hydrogen) atoms. The molecule has 2 aromatic carbocycles. The predicted octanol–water partition coefficient (Wildman–Crippen LogP) is 3.36. The van der Waals surface area contributed by atoms with Gasteiger partial charge in [0.15, 0.2) is 0 Å². The smallest absolute Gasteiger partial charge is 0.257 e. The largest absolute Gasteiger partial charge is 0.347 e. The van der Waals surface area contributed by atoms with Crippen LogP contribution in [-0.4, -0.2) is 47.7 Å². The fourth-order valence-corrected chi connectivity index (χ4v) is 3.66. The Hall–Kier alpha value is -3.29. The third-order valence-electron chi connectivity index (χ3n) is 5.24. The number of likely N-dealkylation sites (N-methyl/N-ethyl adjacent to an activating group) is 1. The molecule has 0 saturated heterocycles. The van der Waals surface area contributed by atoms with Crippen LogP contribution in [0.25, 0.3) is 0 Å². The lowest BCUT2D eigenvalue weighted by molar-refractivity contribution is -0.134. The lowest BCUT2D eigenvalue weighted by Gasteiger charge is -2.37. The summed E-state index contributed by atoms with van der Waals surface area (Å²) < 4.78 is 28.0. The SMILES string of the molecule is CCCC(=O)Nc1ccc2c(c1)CN(C(=O)c1cc(F)ccc1F)C(C(=O)N(C)C)C2. The van der Waals surface area contributed by atoms with Crippen LogP contribution in [0.15, 0.2) is 36.4 Å². The molecule has 2 aromatic rings. The number of hydrogen-bond donors (Lipinski definition) is 1. The molecule has 3 amide bonds. The number of benzene rings is 2. The van der Waals surface area contributed by atoms with Crippen LogP contribution in [-0.2, 0) is 22.6 Å². The molecule has 164 valence electrons. The van der Waals surface area contributed by atoms with Crippen LogP contribution in [0.4, 0.5) is 14.5 Å². The van der Waals surface area contributed by atoms with Crippen molar-refractivity contribution in [2.45, 2.75) is 38.8 Å². The van der Waals surface area contributed by atoms with Crippen LogP contribution in [0.5, 0.6) is 0 Å². The van der Waals surface area contributed by atoms with E-state index in [1.165, 1.54) is 9.80 Å². The maximum absolute atomic E-state index is 14.3. The summed E-state index contributed by atoms with van der Waals surface area (Å²) in [5, 5.41) is 2.81. The van der Waals surface area contributed by atoms with Crippen molar-refractivity contribution in [2.24, 2.45) is 0 Å². The summed E-state index contributed by atoms with van der Waals surface area (Å²) in [5.74, 6) is -2.78. The van der Waals surface area contributed by atoms with Crippen molar-refractivity contribution in [3.05, 3.63) is 64.7 Å². The Morgan fingerprint density at radius 2 is 1.84 bits per heavy atom. The second kappa shape index (κ2) is 9.24. The molecule has 0 aliphatic carbocycles. The van der Waals surface area contributed by atoms with E-state index in [0.717, 1.165) is 29.3 Å². The first-order valence-corrected chi connectivity index (χ1v) is 10.1. The highest BCUT2D eigenvalue weighted by Gasteiger charge is 2.37. The van der Waals surface area contributed by atoms with Gasteiger partial charge in [-0.15, -0.1) is 0 Å². The maximum Gasteiger partial charge on any atom is 0.257 e. The van der Waals surface area contributed by atoms with Gasteiger partial charge in [-0.05, 0) is 47.9 Å². The normalized spacial score (nSPS) is 15.3. The number of carbonyl (C=O) groups excluding carboxylic acids is 3. The van der Waals surface area contributed by atoms with Crippen LogP contribution in [0.3, 0.4) is 0 Å². The van der Waals surface area contributed by atoms with Gasteiger partial charge >= 0.3 is 0 Å². The number of anilines is 1. The van der Waals surface area contributed by atoms with E-state index in [0.29, 0.717) is 18.5 Å². The van der Waals surface area contributed by atoms with E-state index < -0.39 is 29.1 Å². The number of halogens is 2. The number of fused-ring (bicyclic) bond motifs is 1. The Morgan fingerprint density at radius 1 is 1.10 bits per heavy atom. The summed E-state index contributed by atoms with van der Waals surface area (Å²) in [5.41, 5.74) is 1.76. The highest BCUT2D eigenvalue weighted by molar-refractivity contribution is 5.98. The number of rotatable bonds is 5. The Morgan fingerprint density at radius 3 is 2.52 bits per heavy atom. The van der Waals surface area contributed by atoms with Crippen molar-refractivity contribution in [3.63, 3.8) is 0 Å². The molecule has 0 radical (unpaired) electrons. The van der Waals surface area contributed by atoms with E-state index >= 15 is 0 Å². The lowest BCUT2D eigenvalue weighted by atomic mass is 9.92. The average molecular weight is 429 g/mol. The monoisotopic (exact) mass is 429 g/mol. The Balaban J connectivity index is 1.97. The Kier molecular flexibility index (Phi) is 6.68. The first kappa shape index (κ1) is 22.4. The number of nitrogens with one attached hydrogen (secondary N) is 1. The van der Waals surface area contributed by atoms with Crippen molar-refractivity contribution >= 4 is 23.4 Å². The topological polar surface area (TPSA) is 69.7 Å². The quantitative estimate of drug-likeness (QED) is 0.793. The van der Waals surface area contributed by atoms with E-state index in [-0.39, 0.29) is 24.8 Å². The molecule has 3 rings (SSSR count). The molecule has 1 aliphatic rings. The van der Waals surface area contributed by atoms with Gasteiger partial charge < -0.3 is 15.1 Å². The van der Waals surface area contributed by atoms with Crippen molar-refractivity contribution < 1.29 is 23.2 Å². The summed E-state index contributed by atoms with van der Waals surface area (Å²) in [6, 6.07) is 7.15. The van der Waals surface area contributed by atoms with Crippen LogP contribution in [0.2, 0.25) is 0 Å². The maximum atomic E-state index is 14.3. The van der Waals surface area contributed by atoms with Gasteiger partial charge in [-0.3, -0.25) is 14.4 Å². The summed E-state index contributed by atoms with van der Waals surface area (Å²) in [4.78, 5) is 40.5. The van der Waals surface area contributed by atoms with Gasteiger partial charge in [0.25, 0.3) is 5.91 Å². The molecule has 1 heterocycles. The minimum atomic E-state index is -0.853. The fourth-order valence-electron chi connectivity index (χ4n) is 3.66. The first-order valence-electron chi connectivity index (χ1n) is 10.1. The fraction of sp³-hybridized carbons (Fsp3) is 0.348. The standard InChI is InChI=1S/C23H25F2N3O3/c1-4-5-21(29)26-17-8-6-14-11-20(23(31)27(2)3)28(13-15(14)10-17)22(30)18-12-16(24)7-9-19(18)25/h6-10,12,20H,4-5,11,13H2,1-3H3,(H,26,29). The van der Waals surface area contributed by atoms with Crippen LogP contribution >= 0.6 is 0 Å². The van der Waals surface area contributed by atoms with Gasteiger partial charge in [-0.2, -0.15) is 0 Å². The molecule has 0 aromatic heterocycles. The van der Waals surface area contributed by atoms with Gasteiger partial charge in [0, 0.05) is 39.2 Å². The summed E-state index contributed by atoms with van der Waals surface area (Å²) in [6.45, 7) is 1.94. The number of nitrogens with zero attached hydrogens (tertiary/aromatic N) is 2. The predicted molar refractivity (Wildman–Crippen MR) is 112 cm³/mol. The third kappa shape index (κ3) is 4.90. The van der Waals surface area contributed by atoms with Crippen molar-refractivity contribution in [1.82, 2.24) is 9.80 Å². The zero-order valence-corrected chi connectivity index (χ0v) is 17.7. The minimum Gasteiger partial charge on any atom is -0.347 e. The molecule has 6 nitrogen and oxygen atoms in total. The third-order valence-corrected chi connectivity index (χ3v) is 5.24. The summed E-state index contributed by atoms with van der Waals surface area (Å²) in [7, 11) is 3.16. The molecule has 0 saturated carbocycles. The molecule has 1 unspecified atom stereocenters. The number of carbonyl (C=O) groups is 3. The van der Waals surface area contributed by atoms with E-state index in [9.17, 15) is 23.2 Å². The zero-order chi connectivity index (χ0) is 22.7. The number of hydrogen-bond acceptors (Lipinski definition) is 3. The average Bonchev–Trinajstić information content (AvgIpc) is 2.73. The Labute approximate surface area is 179 Å². The van der Waals surface area contributed by atoms with Crippen LogP contribution in [0.1, 0.15) is 41.3 Å². The zero-order valence-electron chi connectivity index (χ0n) is 17.7. The molecule has 0 bridgehead atoms. The molecular formula is C23H25F2N3O3. The van der Waals surface area contributed by atoms with Gasteiger partial charge in [-0.1, -0.05) is 13.0 Å². The molecule has 8 heteroatoms. The highest BCUT2D eigenvalue weighted by Crippen LogP contribution is 2.29. The first-order chi connectivity index (χ1) is 14.7. The van der Waals surface area contributed by atoms with Crippen LogP contribution < -0.4 is 5.32 Å². The van der Waals surface area contributed by atoms with Crippen molar-refractivity contribution in [1.29, 1.82) is 0 Å². The van der Waals surface area contributed by atoms with Crippen molar-refractivity contribution in [2.75, 3.05) is 19.4 Å².